The number of carboxylic acids is 1. The quantitative estimate of drug-likeness (QED) is 0.771. The molecule has 1 N–H and O–H groups in total. The van der Waals surface area contributed by atoms with Gasteiger partial charge in [0.2, 0.25) is 0 Å². The van der Waals surface area contributed by atoms with Crippen molar-refractivity contribution in [3.8, 4) is 0 Å². The van der Waals surface area contributed by atoms with Crippen LogP contribution in [-0.4, -0.2) is 16.9 Å². The fraction of sp³-hybridized carbons (Fsp3) is 0.467. The number of carbonyl (C=O) groups excluding carboxylic acids is 1. The maximum Gasteiger partial charge on any atom is 0.303 e. The number of Topliss-reactive ketones (excluding diaryl/α,β-unsaturated/α-hetero) is 1. The third-order valence-electron chi connectivity index (χ3n) is 2.87. The van der Waals surface area contributed by atoms with Crippen molar-refractivity contribution < 1.29 is 19.1 Å². The standard InChI is InChI=1S/C15H18ClFO3/c1-9(2)6-11-12(16)7-10(8-13(11)17)14(18)4-3-5-15(19)20/h7-9H,3-6H2,1-2H3,(H,19,20). The highest BCUT2D eigenvalue weighted by Crippen LogP contribution is 2.25. The van der Waals surface area contributed by atoms with Crippen molar-refractivity contribution in [2.45, 2.75) is 39.5 Å². The molecule has 0 unspecified atom stereocenters. The van der Waals surface area contributed by atoms with Gasteiger partial charge < -0.3 is 5.11 Å². The van der Waals surface area contributed by atoms with Crippen molar-refractivity contribution in [3.05, 3.63) is 34.1 Å². The molecule has 0 aliphatic heterocycles. The van der Waals surface area contributed by atoms with Gasteiger partial charge in [-0.1, -0.05) is 25.4 Å². The maximum absolute atomic E-state index is 14.0. The Labute approximate surface area is 122 Å². The highest BCUT2D eigenvalue weighted by molar-refractivity contribution is 6.31. The van der Waals surface area contributed by atoms with Crippen molar-refractivity contribution in [3.63, 3.8) is 0 Å². The summed E-state index contributed by atoms with van der Waals surface area (Å²) in [6.07, 6.45) is 0.748. The Balaban J connectivity index is 2.82. The molecule has 0 saturated carbocycles. The average Bonchev–Trinajstić information content (AvgIpc) is 2.32. The fourth-order valence-corrected chi connectivity index (χ4v) is 2.20. The molecule has 3 nitrogen and oxygen atoms in total. The topological polar surface area (TPSA) is 54.4 Å². The van der Waals surface area contributed by atoms with Gasteiger partial charge >= 0.3 is 5.97 Å². The summed E-state index contributed by atoms with van der Waals surface area (Å²) in [5, 5.41) is 8.76. The van der Waals surface area contributed by atoms with Gasteiger partial charge in [0.15, 0.2) is 5.78 Å². The summed E-state index contributed by atoms with van der Waals surface area (Å²) in [7, 11) is 0. The first-order valence-electron chi connectivity index (χ1n) is 6.54. The van der Waals surface area contributed by atoms with E-state index in [4.69, 9.17) is 16.7 Å². The fourth-order valence-electron chi connectivity index (χ4n) is 1.91. The smallest absolute Gasteiger partial charge is 0.303 e. The molecule has 0 spiro atoms. The lowest BCUT2D eigenvalue weighted by molar-refractivity contribution is -0.137. The predicted octanol–water partition coefficient (Wildman–Crippen LogP) is 4.12. The summed E-state index contributed by atoms with van der Waals surface area (Å²) in [5.74, 6) is -1.45. The van der Waals surface area contributed by atoms with E-state index in [-0.39, 0.29) is 41.5 Å². The van der Waals surface area contributed by atoms with Gasteiger partial charge in [0.05, 0.1) is 0 Å². The van der Waals surface area contributed by atoms with Crippen molar-refractivity contribution in [2.24, 2.45) is 5.92 Å². The predicted molar refractivity (Wildman–Crippen MR) is 75.8 cm³/mol. The summed E-state index contributed by atoms with van der Waals surface area (Å²) in [6, 6.07) is 2.65. The zero-order chi connectivity index (χ0) is 15.3. The van der Waals surface area contributed by atoms with Gasteiger partial charge in [-0.2, -0.15) is 0 Å². The van der Waals surface area contributed by atoms with Gasteiger partial charge in [0, 0.05) is 29.0 Å². The van der Waals surface area contributed by atoms with Crippen molar-refractivity contribution in [1.82, 2.24) is 0 Å². The van der Waals surface area contributed by atoms with E-state index in [9.17, 15) is 14.0 Å². The minimum atomic E-state index is -0.950. The maximum atomic E-state index is 14.0. The van der Waals surface area contributed by atoms with Gasteiger partial charge in [0.25, 0.3) is 0 Å². The minimum absolute atomic E-state index is 0.0750. The molecule has 0 aliphatic carbocycles. The van der Waals surface area contributed by atoms with Gasteiger partial charge in [-0.3, -0.25) is 9.59 Å². The summed E-state index contributed by atoms with van der Waals surface area (Å²) < 4.78 is 14.0. The molecule has 110 valence electrons. The molecule has 0 amide bonds. The van der Waals surface area contributed by atoms with E-state index in [0.29, 0.717) is 12.0 Å². The Kier molecular flexibility index (Phi) is 6.14. The van der Waals surface area contributed by atoms with Crippen LogP contribution in [0.3, 0.4) is 0 Å². The van der Waals surface area contributed by atoms with E-state index >= 15 is 0 Å². The number of hydrogen-bond donors (Lipinski definition) is 1. The first kappa shape index (κ1) is 16.6. The second kappa shape index (κ2) is 7.39. The van der Waals surface area contributed by atoms with Crippen LogP contribution in [-0.2, 0) is 11.2 Å². The molecular weight excluding hydrogens is 283 g/mol. The Morgan fingerprint density at radius 2 is 1.95 bits per heavy atom. The molecule has 0 aromatic heterocycles. The van der Waals surface area contributed by atoms with Crippen LogP contribution in [0.2, 0.25) is 5.02 Å². The molecule has 0 aliphatic rings. The normalized spacial score (nSPS) is 10.8. The van der Waals surface area contributed by atoms with Gasteiger partial charge in [0.1, 0.15) is 5.82 Å². The molecule has 0 atom stereocenters. The highest BCUT2D eigenvalue weighted by Gasteiger charge is 2.15. The molecule has 0 saturated heterocycles. The van der Waals surface area contributed by atoms with E-state index in [1.165, 1.54) is 12.1 Å². The molecule has 0 fully saturated rings. The summed E-state index contributed by atoms with van der Waals surface area (Å²) in [5.41, 5.74) is 0.620. The monoisotopic (exact) mass is 300 g/mol. The Hall–Kier alpha value is -1.42. The number of carboxylic acid groups (broad SMARTS) is 1. The zero-order valence-corrected chi connectivity index (χ0v) is 12.3. The number of benzene rings is 1. The highest BCUT2D eigenvalue weighted by atomic mass is 35.5. The van der Waals surface area contributed by atoms with Crippen LogP contribution in [0, 0.1) is 11.7 Å². The number of rotatable bonds is 7. The molecule has 1 rings (SSSR count). The third-order valence-corrected chi connectivity index (χ3v) is 3.21. The largest absolute Gasteiger partial charge is 0.481 e. The van der Waals surface area contributed by atoms with E-state index < -0.39 is 11.8 Å². The first-order chi connectivity index (χ1) is 9.31. The van der Waals surface area contributed by atoms with Gasteiger partial charge in [-0.25, -0.2) is 4.39 Å². The lowest BCUT2D eigenvalue weighted by Crippen LogP contribution is -2.05. The van der Waals surface area contributed by atoms with Crippen molar-refractivity contribution in [1.29, 1.82) is 0 Å². The molecule has 1 aromatic rings. The van der Waals surface area contributed by atoms with Crippen LogP contribution in [0.15, 0.2) is 12.1 Å². The van der Waals surface area contributed by atoms with Crippen LogP contribution in [0.1, 0.15) is 49.0 Å². The number of halogens is 2. The molecule has 0 heterocycles. The Morgan fingerprint density at radius 3 is 2.45 bits per heavy atom. The molecule has 1 aromatic carbocycles. The summed E-state index contributed by atoms with van der Waals surface area (Å²) in [6.45, 7) is 3.92. The summed E-state index contributed by atoms with van der Waals surface area (Å²) in [4.78, 5) is 22.2. The van der Waals surface area contributed by atoms with Crippen LogP contribution >= 0.6 is 11.6 Å². The summed E-state index contributed by atoms with van der Waals surface area (Å²) >= 11 is 6.02. The zero-order valence-electron chi connectivity index (χ0n) is 11.6. The molecule has 0 radical (unpaired) electrons. The van der Waals surface area contributed by atoms with Crippen molar-refractivity contribution >= 4 is 23.4 Å². The van der Waals surface area contributed by atoms with Gasteiger partial charge in [-0.15, -0.1) is 0 Å². The minimum Gasteiger partial charge on any atom is -0.481 e. The Bertz CT molecular complexity index is 489. The van der Waals surface area contributed by atoms with Crippen LogP contribution in [0.4, 0.5) is 4.39 Å². The molecule has 20 heavy (non-hydrogen) atoms. The Morgan fingerprint density at radius 1 is 1.30 bits per heavy atom. The second-order valence-corrected chi connectivity index (χ2v) is 5.59. The number of ketones is 1. The number of aliphatic carboxylic acids is 1. The first-order valence-corrected chi connectivity index (χ1v) is 6.92. The lowest BCUT2D eigenvalue weighted by atomic mass is 9.98. The van der Waals surface area contributed by atoms with Crippen LogP contribution in [0.5, 0.6) is 0 Å². The second-order valence-electron chi connectivity index (χ2n) is 5.19. The average molecular weight is 301 g/mol. The third kappa shape index (κ3) is 4.93. The van der Waals surface area contributed by atoms with E-state index in [0.717, 1.165) is 0 Å². The molecular formula is C15H18ClFO3. The lowest BCUT2D eigenvalue weighted by Gasteiger charge is -2.10. The van der Waals surface area contributed by atoms with Crippen molar-refractivity contribution in [2.75, 3.05) is 0 Å². The van der Waals surface area contributed by atoms with Gasteiger partial charge in [-0.05, 0) is 30.9 Å². The van der Waals surface area contributed by atoms with E-state index in [1.807, 2.05) is 13.8 Å². The van der Waals surface area contributed by atoms with Crippen LogP contribution in [0.25, 0.3) is 0 Å². The van der Waals surface area contributed by atoms with E-state index in [2.05, 4.69) is 0 Å². The molecule has 0 bridgehead atoms. The number of carbonyl (C=O) groups is 2. The number of hydrogen-bond acceptors (Lipinski definition) is 2. The van der Waals surface area contributed by atoms with Crippen LogP contribution < -0.4 is 0 Å². The SMILES string of the molecule is CC(C)Cc1c(F)cc(C(=O)CCCC(=O)O)cc1Cl. The molecule has 5 heteroatoms. The van der Waals surface area contributed by atoms with E-state index in [1.54, 1.807) is 0 Å².